The molecule has 4 nitrogen and oxygen atoms in total. The van der Waals surface area contributed by atoms with Crippen LogP contribution in [-0.2, 0) is 6.42 Å². The molecular weight excluding hydrogens is 452 g/mol. The molecule has 1 N–H and O–H groups in total. The maximum Gasteiger partial charge on any atom is 0.254 e. The van der Waals surface area contributed by atoms with Crippen molar-refractivity contribution in [1.29, 1.82) is 0 Å². The summed E-state index contributed by atoms with van der Waals surface area (Å²) in [6.07, 6.45) is 5.84. The van der Waals surface area contributed by atoms with Crippen molar-refractivity contribution in [2.45, 2.75) is 43.0 Å². The quantitative estimate of drug-likeness (QED) is 0.447. The van der Waals surface area contributed by atoms with E-state index in [2.05, 4.69) is 52.3 Å². The van der Waals surface area contributed by atoms with E-state index in [1.54, 1.807) is 11.8 Å². The highest BCUT2D eigenvalue weighted by Crippen LogP contribution is 2.28. The summed E-state index contributed by atoms with van der Waals surface area (Å²) in [5.74, 6) is 1.70. The molecule has 5 rings (SSSR count). The van der Waals surface area contributed by atoms with Gasteiger partial charge in [0.1, 0.15) is 0 Å². The summed E-state index contributed by atoms with van der Waals surface area (Å²) in [5, 5.41) is 11.2. The second-order valence-electron chi connectivity index (χ2n) is 9.95. The van der Waals surface area contributed by atoms with Gasteiger partial charge in [-0.25, -0.2) is 0 Å². The molecule has 0 radical (unpaired) electrons. The molecule has 0 spiro atoms. The summed E-state index contributed by atoms with van der Waals surface area (Å²) < 4.78 is 0. The number of thioether (sulfide) groups is 1. The number of likely N-dealkylation sites (tertiary alicyclic amines) is 2. The van der Waals surface area contributed by atoms with Crippen molar-refractivity contribution in [3.05, 3.63) is 77.9 Å². The van der Waals surface area contributed by atoms with E-state index in [1.807, 2.05) is 24.3 Å². The van der Waals surface area contributed by atoms with Crippen molar-refractivity contribution >= 4 is 28.4 Å². The SMILES string of the molecule is O=C(c1cccc2ccccc12)N1CCC(N2CCC(Cc3ccc(SCCO)cc3)CC2)CC1. The highest BCUT2D eigenvalue weighted by Gasteiger charge is 2.30. The van der Waals surface area contributed by atoms with Gasteiger partial charge in [-0.05, 0) is 85.6 Å². The van der Waals surface area contributed by atoms with Gasteiger partial charge in [-0.2, -0.15) is 0 Å². The third-order valence-electron chi connectivity index (χ3n) is 7.75. The molecule has 3 aromatic carbocycles. The second-order valence-corrected chi connectivity index (χ2v) is 11.1. The van der Waals surface area contributed by atoms with Gasteiger partial charge in [0.15, 0.2) is 0 Å². The highest BCUT2D eigenvalue weighted by molar-refractivity contribution is 7.99. The molecule has 2 aliphatic heterocycles. The molecule has 1 amide bonds. The van der Waals surface area contributed by atoms with Gasteiger partial charge >= 0.3 is 0 Å². The fraction of sp³-hybridized carbons (Fsp3) is 0.433. The number of amides is 1. The Labute approximate surface area is 213 Å². The average molecular weight is 489 g/mol. The molecule has 0 aliphatic carbocycles. The molecule has 0 saturated carbocycles. The molecule has 35 heavy (non-hydrogen) atoms. The smallest absolute Gasteiger partial charge is 0.254 e. The maximum atomic E-state index is 13.3. The Morgan fingerprint density at radius 3 is 2.31 bits per heavy atom. The number of piperidine rings is 2. The van der Waals surface area contributed by atoms with E-state index < -0.39 is 0 Å². The largest absolute Gasteiger partial charge is 0.396 e. The van der Waals surface area contributed by atoms with Gasteiger partial charge in [-0.15, -0.1) is 11.8 Å². The molecule has 0 atom stereocenters. The van der Waals surface area contributed by atoms with E-state index in [4.69, 9.17) is 5.11 Å². The van der Waals surface area contributed by atoms with Gasteiger partial charge in [0.2, 0.25) is 0 Å². The molecule has 0 aromatic heterocycles. The minimum absolute atomic E-state index is 0.180. The molecule has 2 saturated heterocycles. The van der Waals surface area contributed by atoms with Crippen LogP contribution in [0.15, 0.2) is 71.6 Å². The predicted molar refractivity (Wildman–Crippen MR) is 145 cm³/mol. The van der Waals surface area contributed by atoms with E-state index in [0.717, 1.165) is 60.4 Å². The molecule has 5 heteroatoms. The van der Waals surface area contributed by atoms with Gasteiger partial charge in [0, 0.05) is 35.3 Å². The first-order valence-corrected chi connectivity index (χ1v) is 14.0. The van der Waals surface area contributed by atoms with Gasteiger partial charge < -0.3 is 14.9 Å². The van der Waals surface area contributed by atoms with Gasteiger partial charge in [0.05, 0.1) is 6.61 Å². The number of hydrogen-bond acceptors (Lipinski definition) is 4. The fourth-order valence-corrected chi connectivity index (χ4v) is 6.41. The zero-order valence-electron chi connectivity index (χ0n) is 20.4. The van der Waals surface area contributed by atoms with Crippen LogP contribution in [-0.4, -0.2) is 65.4 Å². The van der Waals surface area contributed by atoms with Crippen LogP contribution in [0.5, 0.6) is 0 Å². The molecule has 0 bridgehead atoms. The first-order valence-electron chi connectivity index (χ1n) is 13.0. The van der Waals surface area contributed by atoms with Crippen molar-refractivity contribution in [1.82, 2.24) is 9.80 Å². The maximum absolute atomic E-state index is 13.3. The number of fused-ring (bicyclic) bond motifs is 1. The number of rotatable bonds is 7. The summed E-state index contributed by atoms with van der Waals surface area (Å²) in [7, 11) is 0. The van der Waals surface area contributed by atoms with Crippen molar-refractivity contribution < 1.29 is 9.90 Å². The molecular formula is C30H36N2O2S. The lowest BCUT2D eigenvalue weighted by atomic mass is 9.88. The lowest BCUT2D eigenvalue weighted by Gasteiger charge is -2.42. The van der Waals surface area contributed by atoms with Crippen LogP contribution in [0.2, 0.25) is 0 Å². The lowest BCUT2D eigenvalue weighted by molar-refractivity contribution is 0.0554. The Kier molecular flexibility index (Phi) is 8.07. The van der Waals surface area contributed by atoms with E-state index in [9.17, 15) is 4.79 Å². The third kappa shape index (κ3) is 5.91. The summed E-state index contributed by atoms with van der Waals surface area (Å²) in [4.78, 5) is 19.3. The van der Waals surface area contributed by atoms with Crippen molar-refractivity contribution in [2.24, 2.45) is 5.92 Å². The number of aliphatic hydroxyl groups excluding tert-OH is 1. The van der Waals surface area contributed by atoms with Crippen LogP contribution in [0, 0.1) is 5.92 Å². The standard InChI is InChI=1S/C30H36N2O2S/c33-20-21-35-27-10-8-23(9-11-27)22-24-12-16-31(17-13-24)26-14-18-32(19-15-26)30(34)29-7-3-5-25-4-1-2-6-28(25)29/h1-11,24,26,33H,12-22H2. The van der Waals surface area contributed by atoms with E-state index in [0.29, 0.717) is 6.04 Å². The number of carbonyl (C=O) groups is 1. The van der Waals surface area contributed by atoms with Crippen LogP contribution in [0.4, 0.5) is 0 Å². The number of carbonyl (C=O) groups excluding carboxylic acids is 1. The fourth-order valence-electron chi connectivity index (χ4n) is 5.76. The molecule has 2 fully saturated rings. The summed E-state index contributed by atoms with van der Waals surface area (Å²) in [5.41, 5.74) is 2.26. The van der Waals surface area contributed by atoms with E-state index in [-0.39, 0.29) is 12.5 Å². The molecule has 2 heterocycles. The average Bonchev–Trinajstić information content (AvgIpc) is 2.92. The number of aliphatic hydroxyl groups is 1. The van der Waals surface area contributed by atoms with E-state index in [1.165, 1.54) is 36.4 Å². The first-order chi connectivity index (χ1) is 17.2. The number of benzene rings is 3. The molecule has 2 aliphatic rings. The third-order valence-corrected chi connectivity index (χ3v) is 8.74. The lowest BCUT2D eigenvalue weighted by Crippen LogP contribution is -2.49. The predicted octanol–water partition coefficient (Wildman–Crippen LogP) is 5.48. The van der Waals surface area contributed by atoms with Crippen LogP contribution < -0.4 is 0 Å². The van der Waals surface area contributed by atoms with E-state index >= 15 is 0 Å². The monoisotopic (exact) mass is 488 g/mol. The van der Waals surface area contributed by atoms with Gasteiger partial charge in [-0.3, -0.25) is 4.79 Å². The Hall–Kier alpha value is -2.34. The first kappa shape index (κ1) is 24.4. The van der Waals surface area contributed by atoms with Gasteiger partial charge in [0.25, 0.3) is 5.91 Å². The van der Waals surface area contributed by atoms with Crippen LogP contribution in [0.25, 0.3) is 10.8 Å². The molecule has 3 aromatic rings. The Balaban J connectivity index is 1.09. The normalized spacial score (nSPS) is 18.3. The second kappa shape index (κ2) is 11.6. The summed E-state index contributed by atoms with van der Waals surface area (Å²) >= 11 is 1.71. The molecule has 184 valence electrons. The molecule has 0 unspecified atom stereocenters. The van der Waals surface area contributed by atoms with Crippen LogP contribution in [0.1, 0.15) is 41.6 Å². The van der Waals surface area contributed by atoms with Crippen molar-refractivity contribution in [2.75, 3.05) is 38.5 Å². The minimum Gasteiger partial charge on any atom is -0.396 e. The van der Waals surface area contributed by atoms with Crippen molar-refractivity contribution in [3.8, 4) is 0 Å². The summed E-state index contributed by atoms with van der Waals surface area (Å²) in [6, 6.07) is 23.7. The zero-order valence-corrected chi connectivity index (χ0v) is 21.3. The topological polar surface area (TPSA) is 43.8 Å². The Morgan fingerprint density at radius 2 is 1.57 bits per heavy atom. The van der Waals surface area contributed by atoms with Gasteiger partial charge in [-0.1, -0.05) is 48.5 Å². The highest BCUT2D eigenvalue weighted by atomic mass is 32.2. The van der Waals surface area contributed by atoms with Crippen LogP contribution in [0.3, 0.4) is 0 Å². The number of nitrogens with zero attached hydrogens (tertiary/aromatic N) is 2. The minimum atomic E-state index is 0.180. The zero-order chi connectivity index (χ0) is 24.0. The number of hydrogen-bond donors (Lipinski definition) is 1. The van der Waals surface area contributed by atoms with Crippen molar-refractivity contribution in [3.63, 3.8) is 0 Å². The Bertz CT molecular complexity index is 1110. The summed E-state index contributed by atoms with van der Waals surface area (Å²) in [6.45, 7) is 4.29. The Morgan fingerprint density at radius 1 is 0.857 bits per heavy atom. The van der Waals surface area contributed by atoms with Crippen LogP contribution >= 0.6 is 11.8 Å².